The van der Waals surface area contributed by atoms with Crippen LogP contribution in [0.2, 0.25) is 0 Å². The van der Waals surface area contributed by atoms with Gasteiger partial charge in [0.1, 0.15) is 5.82 Å². The van der Waals surface area contributed by atoms with Gasteiger partial charge in [0, 0.05) is 29.6 Å². The summed E-state index contributed by atoms with van der Waals surface area (Å²) in [6.45, 7) is 1.05. The van der Waals surface area contributed by atoms with Crippen LogP contribution >= 0.6 is 0 Å². The van der Waals surface area contributed by atoms with Crippen LogP contribution in [0.5, 0.6) is 0 Å². The number of amides is 1. The number of aliphatic hydroxyl groups is 1. The predicted octanol–water partition coefficient (Wildman–Crippen LogP) is 3.55. The van der Waals surface area contributed by atoms with Gasteiger partial charge < -0.3 is 14.4 Å². The minimum Gasteiger partial charge on any atom is -0.444 e. The Morgan fingerprint density at radius 3 is 2.57 bits per heavy atom. The highest BCUT2D eigenvalue weighted by Crippen LogP contribution is 2.34. The SMILES string of the molecule is O=C(c1ccc(-c2cnco2)cc1)N1CCC(CO)(Cc2ccc(F)cc2)C1. The van der Waals surface area contributed by atoms with Gasteiger partial charge >= 0.3 is 0 Å². The Labute approximate surface area is 162 Å². The standard InChI is InChI=1S/C22H21FN2O3/c23-19-7-1-16(2-8-19)11-22(14-26)9-10-25(13-22)21(27)18-5-3-17(4-6-18)20-12-24-15-28-20/h1-8,12,15,26H,9-11,13-14H2. The predicted molar refractivity (Wildman–Crippen MR) is 102 cm³/mol. The van der Waals surface area contributed by atoms with Gasteiger partial charge in [-0.1, -0.05) is 24.3 Å². The molecular weight excluding hydrogens is 359 g/mol. The molecule has 0 aliphatic carbocycles. The minimum absolute atomic E-state index is 0.0153. The van der Waals surface area contributed by atoms with Gasteiger partial charge in [-0.25, -0.2) is 9.37 Å². The number of nitrogens with zero attached hydrogens (tertiary/aromatic N) is 2. The van der Waals surface area contributed by atoms with Crippen LogP contribution in [-0.4, -0.2) is 40.6 Å². The van der Waals surface area contributed by atoms with Crippen molar-refractivity contribution in [1.82, 2.24) is 9.88 Å². The molecule has 4 rings (SSSR count). The molecule has 0 saturated carbocycles. The third-order valence-electron chi connectivity index (χ3n) is 5.40. The molecule has 5 nitrogen and oxygen atoms in total. The Morgan fingerprint density at radius 1 is 1.18 bits per heavy atom. The number of benzene rings is 2. The number of aromatic nitrogens is 1. The van der Waals surface area contributed by atoms with Gasteiger partial charge in [-0.3, -0.25) is 4.79 Å². The third kappa shape index (κ3) is 3.68. The third-order valence-corrected chi connectivity index (χ3v) is 5.40. The fraction of sp³-hybridized carbons (Fsp3) is 0.273. The summed E-state index contributed by atoms with van der Waals surface area (Å²) in [4.78, 5) is 18.6. The minimum atomic E-state index is -0.396. The van der Waals surface area contributed by atoms with Gasteiger partial charge in [0.05, 0.1) is 12.8 Å². The van der Waals surface area contributed by atoms with E-state index in [2.05, 4.69) is 4.98 Å². The summed E-state index contributed by atoms with van der Waals surface area (Å²) in [5.41, 5.74) is 2.02. The van der Waals surface area contributed by atoms with Crippen molar-refractivity contribution in [3.05, 3.63) is 78.1 Å². The van der Waals surface area contributed by atoms with Gasteiger partial charge in [-0.2, -0.15) is 0 Å². The van der Waals surface area contributed by atoms with Crippen molar-refractivity contribution >= 4 is 5.91 Å². The van der Waals surface area contributed by atoms with Crippen molar-refractivity contribution in [2.45, 2.75) is 12.8 Å². The van der Waals surface area contributed by atoms with E-state index in [9.17, 15) is 14.3 Å². The molecule has 0 radical (unpaired) electrons. The second kappa shape index (κ2) is 7.56. The molecule has 1 aliphatic rings. The molecule has 1 unspecified atom stereocenters. The van der Waals surface area contributed by atoms with Gasteiger partial charge in [0.2, 0.25) is 0 Å². The van der Waals surface area contributed by atoms with Crippen molar-refractivity contribution in [2.24, 2.45) is 5.41 Å². The van der Waals surface area contributed by atoms with E-state index in [-0.39, 0.29) is 18.3 Å². The van der Waals surface area contributed by atoms with E-state index >= 15 is 0 Å². The maximum absolute atomic E-state index is 13.1. The zero-order valence-electron chi connectivity index (χ0n) is 15.3. The molecule has 2 heterocycles. The number of oxazole rings is 1. The van der Waals surface area contributed by atoms with E-state index in [0.29, 0.717) is 37.3 Å². The number of halogens is 1. The topological polar surface area (TPSA) is 66.6 Å². The average molecular weight is 380 g/mol. The molecule has 0 spiro atoms. The van der Waals surface area contributed by atoms with Gasteiger partial charge in [-0.15, -0.1) is 0 Å². The molecule has 1 aliphatic heterocycles. The van der Waals surface area contributed by atoms with Crippen LogP contribution in [0.3, 0.4) is 0 Å². The largest absolute Gasteiger partial charge is 0.444 e. The summed E-state index contributed by atoms with van der Waals surface area (Å²) in [5, 5.41) is 10.0. The Bertz CT molecular complexity index is 939. The van der Waals surface area contributed by atoms with Crippen molar-refractivity contribution in [2.75, 3.05) is 19.7 Å². The van der Waals surface area contributed by atoms with Crippen molar-refractivity contribution in [3.8, 4) is 11.3 Å². The Hall–Kier alpha value is -2.99. The summed E-state index contributed by atoms with van der Waals surface area (Å²) >= 11 is 0. The first-order chi connectivity index (χ1) is 13.6. The Balaban J connectivity index is 1.46. The van der Waals surface area contributed by atoms with Crippen LogP contribution in [-0.2, 0) is 6.42 Å². The monoisotopic (exact) mass is 380 g/mol. The number of carbonyl (C=O) groups excluding carboxylic acids is 1. The number of carbonyl (C=O) groups is 1. The fourth-order valence-corrected chi connectivity index (χ4v) is 3.79. The van der Waals surface area contributed by atoms with Crippen LogP contribution < -0.4 is 0 Å². The second-order valence-corrected chi connectivity index (χ2v) is 7.38. The van der Waals surface area contributed by atoms with E-state index in [4.69, 9.17) is 4.42 Å². The number of rotatable bonds is 5. The lowest BCUT2D eigenvalue weighted by molar-refractivity contribution is 0.0739. The average Bonchev–Trinajstić information content (AvgIpc) is 3.40. The molecule has 0 bridgehead atoms. The van der Waals surface area contributed by atoms with Gasteiger partial charge in [-0.05, 0) is 42.7 Å². The highest BCUT2D eigenvalue weighted by Gasteiger charge is 2.39. The van der Waals surface area contributed by atoms with E-state index < -0.39 is 5.41 Å². The molecule has 2 aromatic carbocycles. The molecule has 1 fully saturated rings. The number of hydrogen-bond acceptors (Lipinski definition) is 4. The first-order valence-corrected chi connectivity index (χ1v) is 9.22. The second-order valence-electron chi connectivity index (χ2n) is 7.38. The number of likely N-dealkylation sites (tertiary alicyclic amines) is 1. The molecule has 1 atom stereocenters. The molecule has 1 aromatic heterocycles. The molecule has 1 amide bonds. The zero-order chi connectivity index (χ0) is 19.6. The lowest BCUT2D eigenvalue weighted by Crippen LogP contribution is -2.35. The molecule has 28 heavy (non-hydrogen) atoms. The molecule has 6 heteroatoms. The Morgan fingerprint density at radius 2 is 1.93 bits per heavy atom. The summed E-state index contributed by atoms with van der Waals surface area (Å²) in [6.07, 6.45) is 4.32. The Kier molecular flexibility index (Phi) is 4.96. The number of hydrogen-bond donors (Lipinski definition) is 1. The van der Waals surface area contributed by atoms with Crippen molar-refractivity contribution in [1.29, 1.82) is 0 Å². The normalized spacial score (nSPS) is 19.1. The lowest BCUT2D eigenvalue weighted by Gasteiger charge is -2.27. The van der Waals surface area contributed by atoms with Gasteiger partial charge in [0.15, 0.2) is 12.2 Å². The van der Waals surface area contributed by atoms with Crippen LogP contribution in [0.4, 0.5) is 4.39 Å². The summed E-state index contributed by atoms with van der Waals surface area (Å²) in [6, 6.07) is 13.5. The van der Waals surface area contributed by atoms with Crippen LogP contribution in [0.25, 0.3) is 11.3 Å². The van der Waals surface area contributed by atoms with E-state index in [0.717, 1.165) is 11.1 Å². The first-order valence-electron chi connectivity index (χ1n) is 9.22. The maximum Gasteiger partial charge on any atom is 0.253 e. The quantitative estimate of drug-likeness (QED) is 0.735. The highest BCUT2D eigenvalue weighted by molar-refractivity contribution is 5.94. The van der Waals surface area contributed by atoms with E-state index in [1.165, 1.54) is 18.5 Å². The first kappa shape index (κ1) is 18.4. The lowest BCUT2D eigenvalue weighted by atomic mass is 9.81. The number of aliphatic hydroxyl groups excluding tert-OH is 1. The van der Waals surface area contributed by atoms with Crippen molar-refractivity contribution in [3.63, 3.8) is 0 Å². The zero-order valence-corrected chi connectivity index (χ0v) is 15.3. The van der Waals surface area contributed by atoms with Crippen LogP contribution in [0.1, 0.15) is 22.3 Å². The molecule has 3 aromatic rings. The van der Waals surface area contributed by atoms with Gasteiger partial charge in [0.25, 0.3) is 5.91 Å². The highest BCUT2D eigenvalue weighted by atomic mass is 19.1. The molecule has 1 N–H and O–H groups in total. The molecule has 1 saturated heterocycles. The summed E-state index contributed by atoms with van der Waals surface area (Å²) in [5.74, 6) is 0.316. The summed E-state index contributed by atoms with van der Waals surface area (Å²) in [7, 11) is 0. The van der Waals surface area contributed by atoms with E-state index in [1.54, 1.807) is 35.4 Å². The smallest absolute Gasteiger partial charge is 0.253 e. The van der Waals surface area contributed by atoms with Crippen molar-refractivity contribution < 1.29 is 18.7 Å². The summed E-state index contributed by atoms with van der Waals surface area (Å²) < 4.78 is 18.4. The van der Waals surface area contributed by atoms with Crippen LogP contribution in [0, 0.1) is 11.2 Å². The molecule has 144 valence electrons. The fourth-order valence-electron chi connectivity index (χ4n) is 3.79. The van der Waals surface area contributed by atoms with Crippen LogP contribution in [0.15, 0.2) is 65.5 Å². The maximum atomic E-state index is 13.1. The molecular formula is C22H21FN2O3. The van der Waals surface area contributed by atoms with E-state index in [1.807, 2.05) is 12.1 Å².